The number of nitrogens with zero attached hydrogens (tertiary/aromatic N) is 1. The predicted octanol–water partition coefficient (Wildman–Crippen LogP) is 3.98. The Morgan fingerprint density at radius 2 is 1.80 bits per heavy atom. The number of nitrogens with one attached hydrogen (secondary N) is 2. The van der Waals surface area contributed by atoms with E-state index in [4.69, 9.17) is 11.6 Å². The molecule has 0 saturated carbocycles. The van der Waals surface area contributed by atoms with Gasteiger partial charge in [0.25, 0.3) is 0 Å². The normalized spacial score (nSPS) is 15.7. The predicted molar refractivity (Wildman–Crippen MR) is 102 cm³/mol. The molecule has 2 aromatic carbocycles. The highest BCUT2D eigenvalue weighted by molar-refractivity contribution is 6.30. The molecule has 1 heterocycles. The third-order valence-electron chi connectivity index (χ3n) is 4.57. The molecule has 0 radical (unpaired) electrons. The molecule has 1 saturated heterocycles. The molecule has 0 bridgehead atoms. The van der Waals surface area contributed by atoms with Gasteiger partial charge in [-0.3, -0.25) is 4.90 Å². The molecule has 3 rings (SSSR count). The fraction of sp³-hybridized carbons (Fsp3) is 0.350. The van der Waals surface area contributed by atoms with Gasteiger partial charge >= 0.3 is 6.03 Å². The van der Waals surface area contributed by atoms with Crippen LogP contribution < -0.4 is 10.6 Å². The number of rotatable bonds is 6. The van der Waals surface area contributed by atoms with Gasteiger partial charge < -0.3 is 10.6 Å². The van der Waals surface area contributed by atoms with Crippen LogP contribution in [0.2, 0.25) is 5.02 Å². The van der Waals surface area contributed by atoms with Gasteiger partial charge in [-0.15, -0.1) is 0 Å². The SMILES string of the molecule is O=C(NCc1ccccc1)NCC(c1cccc(Cl)c1)N1CCCC1. The second kappa shape index (κ2) is 8.88. The molecule has 0 spiro atoms. The van der Waals surface area contributed by atoms with E-state index in [2.05, 4.69) is 21.6 Å². The zero-order valence-electron chi connectivity index (χ0n) is 14.2. The van der Waals surface area contributed by atoms with E-state index in [1.807, 2.05) is 48.5 Å². The van der Waals surface area contributed by atoms with Gasteiger partial charge in [0, 0.05) is 18.1 Å². The first-order chi connectivity index (χ1) is 12.2. The summed E-state index contributed by atoms with van der Waals surface area (Å²) in [4.78, 5) is 14.6. The largest absolute Gasteiger partial charge is 0.336 e. The molecule has 1 atom stereocenters. The Bertz CT molecular complexity index is 686. The molecule has 2 amide bonds. The zero-order valence-corrected chi connectivity index (χ0v) is 15.0. The van der Waals surface area contributed by atoms with Gasteiger partial charge in [0.2, 0.25) is 0 Å². The van der Waals surface area contributed by atoms with E-state index in [-0.39, 0.29) is 12.1 Å². The molecule has 0 aromatic heterocycles. The van der Waals surface area contributed by atoms with E-state index in [1.54, 1.807) is 0 Å². The minimum absolute atomic E-state index is 0.143. The van der Waals surface area contributed by atoms with Crippen molar-refractivity contribution in [2.24, 2.45) is 0 Å². The first-order valence-electron chi connectivity index (χ1n) is 8.77. The molecule has 2 aromatic rings. The molecule has 25 heavy (non-hydrogen) atoms. The lowest BCUT2D eigenvalue weighted by Crippen LogP contribution is -2.41. The highest BCUT2D eigenvalue weighted by Crippen LogP contribution is 2.26. The molecule has 1 aliphatic heterocycles. The van der Waals surface area contributed by atoms with Gasteiger partial charge in [-0.1, -0.05) is 54.1 Å². The van der Waals surface area contributed by atoms with E-state index in [0.29, 0.717) is 13.1 Å². The monoisotopic (exact) mass is 357 g/mol. The van der Waals surface area contributed by atoms with Crippen molar-refractivity contribution in [3.05, 3.63) is 70.7 Å². The second-order valence-corrected chi connectivity index (χ2v) is 6.80. The number of carbonyl (C=O) groups excluding carboxylic acids is 1. The molecule has 1 aliphatic rings. The Labute approximate surface area is 154 Å². The summed E-state index contributed by atoms with van der Waals surface area (Å²) >= 11 is 6.16. The van der Waals surface area contributed by atoms with Crippen LogP contribution in [0, 0.1) is 0 Å². The third-order valence-corrected chi connectivity index (χ3v) is 4.80. The van der Waals surface area contributed by atoms with Crippen molar-refractivity contribution in [3.8, 4) is 0 Å². The minimum Gasteiger partial charge on any atom is -0.336 e. The van der Waals surface area contributed by atoms with Crippen LogP contribution in [0.5, 0.6) is 0 Å². The van der Waals surface area contributed by atoms with Crippen LogP contribution in [-0.4, -0.2) is 30.6 Å². The Morgan fingerprint density at radius 3 is 2.52 bits per heavy atom. The first kappa shape index (κ1) is 17.8. The van der Waals surface area contributed by atoms with Gasteiger partial charge in [-0.2, -0.15) is 0 Å². The summed E-state index contributed by atoms with van der Waals surface area (Å²) in [5.74, 6) is 0. The average molecular weight is 358 g/mol. The van der Waals surface area contributed by atoms with Crippen LogP contribution in [0.25, 0.3) is 0 Å². The van der Waals surface area contributed by atoms with Crippen molar-refractivity contribution in [1.29, 1.82) is 0 Å². The quantitative estimate of drug-likeness (QED) is 0.821. The van der Waals surface area contributed by atoms with Crippen LogP contribution in [0.4, 0.5) is 4.79 Å². The number of amides is 2. The smallest absolute Gasteiger partial charge is 0.315 e. The third kappa shape index (κ3) is 5.21. The summed E-state index contributed by atoms with van der Waals surface area (Å²) in [6.07, 6.45) is 2.41. The van der Waals surface area contributed by atoms with Crippen molar-refractivity contribution in [1.82, 2.24) is 15.5 Å². The maximum atomic E-state index is 12.2. The first-order valence-corrected chi connectivity index (χ1v) is 9.15. The van der Waals surface area contributed by atoms with Crippen molar-refractivity contribution in [2.75, 3.05) is 19.6 Å². The molecule has 1 unspecified atom stereocenters. The lowest BCUT2D eigenvalue weighted by molar-refractivity contribution is 0.220. The van der Waals surface area contributed by atoms with Crippen molar-refractivity contribution < 1.29 is 4.79 Å². The van der Waals surface area contributed by atoms with Gasteiger partial charge in [0.05, 0.1) is 6.04 Å². The maximum absolute atomic E-state index is 12.2. The van der Waals surface area contributed by atoms with Crippen molar-refractivity contribution in [3.63, 3.8) is 0 Å². The minimum atomic E-state index is -0.143. The van der Waals surface area contributed by atoms with E-state index in [1.165, 1.54) is 12.8 Å². The summed E-state index contributed by atoms with van der Waals surface area (Å²) in [6.45, 7) is 3.22. The van der Waals surface area contributed by atoms with Crippen molar-refractivity contribution >= 4 is 17.6 Å². The maximum Gasteiger partial charge on any atom is 0.315 e. The van der Waals surface area contributed by atoms with Crippen LogP contribution in [-0.2, 0) is 6.54 Å². The van der Waals surface area contributed by atoms with Gasteiger partial charge in [-0.05, 0) is 49.2 Å². The molecule has 2 N–H and O–H groups in total. The Morgan fingerprint density at radius 1 is 1.04 bits per heavy atom. The molecule has 1 fully saturated rings. The Hall–Kier alpha value is -2.04. The van der Waals surface area contributed by atoms with E-state index >= 15 is 0 Å². The van der Waals surface area contributed by atoms with E-state index < -0.39 is 0 Å². The molecular formula is C20H24ClN3O. The molecular weight excluding hydrogens is 334 g/mol. The number of likely N-dealkylation sites (tertiary alicyclic amines) is 1. The summed E-state index contributed by atoms with van der Waals surface area (Å²) < 4.78 is 0. The second-order valence-electron chi connectivity index (χ2n) is 6.36. The number of urea groups is 1. The molecule has 4 nitrogen and oxygen atoms in total. The fourth-order valence-corrected chi connectivity index (χ4v) is 3.45. The van der Waals surface area contributed by atoms with Crippen LogP contribution in [0.1, 0.15) is 30.0 Å². The number of halogens is 1. The van der Waals surface area contributed by atoms with Crippen LogP contribution in [0.15, 0.2) is 54.6 Å². The van der Waals surface area contributed by atoms with Crippen LogP contribution in [0.3, 0.4) is 0 Å². The molecule has 0 aliphatic carbocycles. The summed E-state index contributed by atoms with van der Waals surface area (Å²) in [5.41, 5.74) is 2.24. The van der Waals surface area contributed by atoms with Crippen molar-refractivity contribution in [2.45, 2.75) is 25.4 Å². The van der Waals surface area contributed by atoms with Gasteiger partial charge in [0.15, 0.2) is 0 Å². The summed E-state index contributed by atoms with van der Waals surface area (Å²) in [7, 11) is 0. The zero-order chi connectivity index (χ0) is 17.5. The molecule has 132 valence electrons. The summed E-state index contributed by atoms with van der Waals surface area (Å²) in [5, 5.41) is 6.66. The lowest BCUT2D eigenvalue weighted by Gasteiger charge is -2.28. The number of hydrogen-bond acceptors (Lipinski definition) is 2. The number of carbonyl (C=O) groups is 1. The van der Waals surface area contributed by atoms with Crippen LogP contribution >= 0.6 is 11.6 Å². The van der Waals surface area contributed by atoms with Gasteiger partial charge in [0.1, 0.15) is 0 Å². The van der Waals surface area contributed by atoms with Gasteiger partial charge in [-0.25, -0.2) is 4.79 Å². The van der Waals surface area contributed by atoms with E-state index in [9.17, 15) is 4.79 Å². The Kier molecular flexibility index (Phi) is 6.31. The number of benzene rings is 2. The standard InChI is InChI=1S/C20H24ClN3O/c21-18-10-6-9-17(13-18)19(24-11-4-5-12-24)15-23-20(25)22-14-16-7-2-1-3-8-16/h1-3,6-10,13,19H,4-5,11-12,14-15H2,(H2,22,23,25). The lowest BCUT2D eigenvalue weighted by atomic mass is 10.1. The fourth-order valence-electron chi connectivity index (χ4n) is 3.25. The average Bonchev–Trinajstić information content (AvgIpc) is 3.15. The highest BCUT2D eigenvalue weighted by atomic mass is 35.5. The molecule has 5 heteroatoms. The van der Waals surface area contributed by atoms with E-state index in [0.717, 1.165) is 29.2 Å². The topological polar surface area (TPSA) is 44.4 Å². The Balaban J connectivity index is 1.57. The summed E-state index contributed by atoms with van der Waals surface area (Å²) in [6, 6.07) is 17.8. The number of hydrogen-bond donors (Lipinski definition) is 2. The highest BCUT2D eigenvalue weighted by Gasteiger charge is 2.24.